The molecule has 3 atom stereocenters. The van der Waals surface area contributed by atoms with Crippen LogP contribution < -0.4 is 5.32 Å². The van der Waals surface area contributed by atoms with E-state index in [0.29, 0.717) is 0 Å². The number of hydrogen-bond acceptors (Lipinski definition) is 2. The van der Waals surface area contributed by atoms with Gasteiger partial charge >= 0.3 is 0 Å². The van der Waals surface area contributed by atoms with Gasteiger partial charge in [0.15, 0.2) is 0 Å². The Balaban J connectivity index is 1.88. The van der Waals surface area contributed by atoms with Gasteiger partial charge in [0, 0.05) is 12.6 Å². The zero-order chi connectivity index (χ0) is 14.5. The van der Waals surface area contributed by atoms with Crippen molar-refractivity contribution in [2.45, 2.75) is 32.7 Å². The molecule has 0 amide bonds. The summed E-state index contributed by atoms with van der Waals surface area (Å²) in [6.45, 7) is 8.18. The summed E-state index contributed by atoms with van der Waals surface area (Å²) in [4.78, 5) is 2.55. The average Bonchev–Trinajstić information content (AvgIpc) is 2.43. The van der Waals surface area contributed by atoms with E-state index in [4.69, 9.17) is 0 Å². The van der Waals surface area contributed by atoms with Crippen LogP contribution in [0.25, 0.3) is 0 Å². The second-order valence-electron chi connectivity index (χ2n) is 6.23. The molecule has 0 aliphatic carbocycles. The Hall–Kier alpha value is -0.930. The van der Waals surface area contributed by atoms with Gasteiger partial charge in [-0.3, -0.25) is 0 Å². The maximum absolute atomic E-state index is 13.3. The van der Waals surface area contributed by atoms with Crippen LogP contribution in [-0.4, -0.2) is 31.6 Å². The van der Waals surface area contributed by atoms with Crippen LogP contribution in [0.5, 0.6) is 0 Å². The summed E-state index contributed by atoms with van der Waals surface area (Å²) in [6, 6.07) is 7.18. The summed E-state index contributed by atoms with van der Waals surface area (Å²) in [7, 11) is 1.95. The van der Waals surface area contributed by atoms with E-state index in [0.717, 1.165) is 30.4 Å². The van der Waals surface area contributed by atoms with E-state index in [1.807, 2.05) is 13.1 Å². The molecule has 0 saturated carbocycles. The molecule has 20 heavy (non-hydrogen) atoms. The number of benzene rings is 1. The van der Waals surface area contributed by atoms with Crippen molar-refractivity contribution in [3.8, 4) is 0 Å². The lowest BCUT2D eigenvalue weighted by atomic mass is 9.88. The third kappa shape index (κ3) is 4.03. The van der Waals surface area contributed by atoms with Crippen molar-refractivity contribution in [2.75, 3.05) is 26.7 Å². The maximum atomic E-state index is 13.3. The Morgan fingerprint density at radius 2 is 2.15 bits per heavy atom. The van der Waals surface area contributed by atoms with Gasteiger partial charge in [0.05, 0.1) is 0 Å². The Morgan fingerprint density at radius 1 is 1.35 bits per heavy atom. The Kier molecular flexibility index (Phi) is 5.55. The number of hydrogen-bond donors (Lipinski definition) is 1. The van der Waals surface area contributed by atoms with Crippen molar-refractivity contribution in [1.82, 2.24) is 10.2 Å². The van der Waals surface area contributed by atoms with E-state index < -0.39 is 0 Å². The van der Waals surface area contributed by atoms with Crippen molar-refractivity contribution >= 4 is 0 Å². The molecule has 1 aliphatic rings. The fraction of sp³-hybridized carbons (Fsp3) is 0.647. The molecule has 1 aromatic carbocycles. The minimum Gasteiger partial charge on any atom is -0.313 e. The smallest absolute Gasteiger partial charge is 0.123 e. The molecule has 0 spiro atoms. The van der Waals surface area contributed by atoms with Gasteiger partial charge in [-0.2, -0.15) is 0 Å². The topological polar surface area (TPSA) is 15.3 Å². The summed E-state index contributed by atoms with van der Waals surface area (Å²) in [5.74, 6) is 1.48. The molecule has 2 rings (SSSR count). The number of nitrogens with one attached hydrogen (secondary N) is 1. The highest BCUT2D eigenvalue weighted by Gasteiger charge is 2.23. The van der Waals surface area contributed by atoms with Crippen LogP contribution in [0.3, 0.4) is 0 Å². The molecule has 3 heteroatoms. The molecule has 0 aromatic heterocycles. The van der Waals surface area contributed by atoms with Gasteiger partial charge in [-0.1, -0.05) is 26.0 Å². The van der Waals surface area contributed by atoms with Crippen molar-refractivity contribution in [3.05, 3.63) is 35.6 Å². The molecular formula is C17H27FN2. The summed E-state index contributed by atoms with van der Waals surface area (Å²) in [6.07, 6.45) is 2.33. The number of likely N-dealkylation sites (tertiary alicyclic amines) is 1. The predicted molar refractivity (Wildman–Crippen MR) is 82.2 cm³/mol. The van der Waals surface area contributed by atoms with Gasteiger partial charge in [0.1, 0.15) is 5.82 Å². The minimum absolute atomic E-state index is 0.150. The average molecular weight is 278 g/mol. The van der Waals surface area contributed by atoms with E-state index in [-0.39, 0.29) is 11.9 Å². The molecular weight excluding hydrogens is 251 g/mol. The zero-order valence-corrected chi connectivity index (χ0v) is 12.9. The molecule has 2 nitrogen and oxygen atoms in total. The van der Waals surface area contributed by atoms with Crippen molar-refractivity contribution < 1.29 is 4.39 Å². The highest BCUT2D eigenvalue weighted by atomic mass is 19.1. The third-order valence-corrected chi connectivity index (χ3v) is 4.75. The summed E-state index contributed by atoms with van der Waals surface area (Å²) >= 11 is 0. The fourth-order valence-corrected chi connectivity index (χ4v) is 3.07. The van der Waals surface area contributed by atoms with E-state index in [9.17, 15) is 4.39 Å². The van der Waals surface area contributed by atoms with Crippen LogP contribution in [0.2, 0.25) is 0 Å². The summed E-state index contributed by atoms with van der Waals surface area (Å²) in [5.41, 5.74) is 1.05. The highest BCUT2D eigenvalue weighted by molar-refractivity contribution is 5.20. The van der Waals surface area contributed by atoms with Gasteiger partial charge in [-0.25, -0.2) is 4.39 Å². The first-order valence-corrected chi connectivity index (χ1v) is 7.75. The molecule has 3 unspecified atom stereocenters. The number of nitrogens with zero attached hydrogens (tertiary/aromatic N) is 1. The van der Waals surface area contributed by atoms with Crippen molar-refractivity contribution in [3.63, 3.8) is 0 Å². The molecule has 1 heterocycles. The highest BCUT2D eigenvalue weighted by Crippen LogP contribution is 2.24. The second kappa shape index (κ2) is 7.19. The quantitative estimate of drug-likeness (QED) is 0.887. The SMILES string of the molecule is CNC(CCN1CCC(C)C(C)C1)c1cccc(F)c1. The Bertz CT molecular complexity index is 421. The van der Waals surface area contributed by atoms with Crippen LogP contribution in [0, 0.1) is 17.7 Å². The van der Waals surface area contributed by atoms with E-state index in [1.165, 1.54) is 25.6 Å². The molecule has 1 N–H and O–H groups in total. The van der Waals surface area contributed by atoms with E-state index >= 15 is 0 Å². The monoisotopic (exact) mass is 278 g/mol. The molecule has 0 radical (unpaired) electrons. The first-order valence-electron chi connectivity index (χ1n) is 7.75. The molecule has 1 saturated heterocycles. The summed E-state index contributed by atoms with van der Waals surface area (Å²) in [5, 5.41) is 3.31. The Morgan fingerprint density at radius 3 is 2.80 bits per heavy atom. The maximum Gasteiger partial charge on any atom is 0.123 e. The van der Waals surface area contributed by atoms with Gasteiger partial charge in [0.25, 0.3) is 0 Å². The molecule has 112 valence electrons. The van der Waals surface area contributed by atoms with Crippen LogP contribution in [0.4, 0.5) is 4.39 Å². The van der Waals surface area contributed by atoms with Crippen LogP contribution in [0.15, 0.2) is 24.3 Å². The van der Waals surface area contributed by atoms with Gasteiger partial charge < -0.3 is 10.2 Å². The lowest BCUT2D eigenvalue weighted by Crippen LogP contribution is -2.39. The van der Waals surface area contributed by atoms with Gasteiger partial charge in [0.2, 0.25) is 0 Å². The van der Waals surface area contributed by atoms with Crippen molar-refractivity contribution in [1.29, 1.82) is 0 Å². The summed E-state index contributed by atoms with van der Waals surface area (Å²) < 4.78 is 13.3. The second-order valence-corrected chi connectivity index (χ2v) is 6.23. The standard InChI is InChI=1S/C17H27FN2/c1-13-7-9-20(12-14(13)2)10-8-17(19-3)15-5-4-6-16(18)11-15/h4-6,11,13-14,17,19H,7-10,12H2,1-3H3. The van der Waals surface area contributed by atoms with E-state index in [2.05, 4.69) is 24.1 Å². The molecule has 1 fully saturated rings. The number of piperidine rings is 1. The Labute approximate surface area is 122 Å². The minimum atomic E-state index is -0.150. The molecule has 1 aromatic rings. The first kappa shape index (κ1) is 15.5. The first-order chi connectivity index (χ1) is 9.60. The number of rotatable bonds is 5. The van der Waals surface area contributed by atoms with Crippen LogP contribution >= 0.6 is 0 Å². The lowest BCUT2D eigenvalue weighted by molar-refractivity contribution is 0.133. The third-order valence-electron chi connectivity index (χ3n) is 4.75. The largest absolute Gasteiger partial charge is 0.313 e. The van der Waals surface area contributed by atoms with E-state index in [1.54, 1.807) is 12.1 Å². The predicted octanol–water partition coefficient (Wildman–Crippen LogP) is 3.45. The lowest BCUT2D eigenvalue weighted by Gasteiger charge is -2.36. The van der Waals surface area contributed by atoms with Crippen LogP contribution in [-0.2, 0) is 0 Å². The van der Waals surface area contributed by atoms with Crippen LogP contribution in [0.1, 0.15) is 38.3 Å². The van der Waals surface area contributed by atoms with Crippen molar-refractivity contribution in [2.24, 2.45) is 11.8 Å². The zero-order valence-electron chi connectivity index (χ0n) is 12.9. The van der Waals surface area contributed by atoms with Gasteiger partial charge in [-0.05, 0) is 62.5 Å². The molecule has 1 aliphatic heterocycles. The fourth-order valence-electron chi connectivity index (χ4n) is 3.07. The number of halogens is 1. The molecule has 0 bridgehead atoms. The normalized spacial score (nSPS) is 25.6. The van der Waals surface area contributed by atoms with Gasteiger partial charge in [-0.15, -0.1) is 0 Å².